The predicted molar refractivity (Wildman–Crippen MR) is 93.8 cm³/mol. The lowest BCUT2D eigenvalue weighted by Crippen LogP contribution is -2.39. The van der Waals surface area contributed by atoms with Gasteiger partial charge in [-0.15, -0.1) is 5.10 Å². The highest BCUT2D eigenvalue weighted by Crippen LogP contribution is 2.14. The van der Waals surface area contributed by atoms with Crippen molar-refractivity contribution in [2.75, 3.05) is 19.7 Å². The highest BCUT2D eigenvalue weighted by molar-refractivity contribution is 5.92. The minimum atomic E-state index is -0.0950. The number of carbonyl (C=O) groups is 1. The third-order valence-corrected chi connectivity index (χ3v) is 4.36. The molecule has 0 spiro atoms. The molecule has 26 heavy (non-hydrogen) atoms. The van der Waals surface area contributed by atoms with Crippen LogP contribution in [0.2, 0.25) is 0 Å². The first-order valence-electron chi connectivity index (χ1n) is 8.66. The molecule has 1 aliphatic heterocycles. The fraction of sp³-hybridized carbons (Fsp3) is 0.333. The second-order valence-electron chi connectivity index (χ2n) is 6.19. The third kappa shape index (κ3) is 3.50. The van der Waals surface area contributed by atoms with Gasteiger partial charge >= 0.3 is 0 Å². The summed E-state index contributed by atoms with van der Waals surface area (Å²) in [4.78, 5) is 14.9. The van der Waals surface area contributed by atoms with Crippen LogP contribution in [0.25, 0.3) is 5.69 Å². The quantitative estimate of drug-likeness (QED) is 0.709. The summed E-state index contributed by atoms with van der Waals surface area (Å²) >= 11 is 0. The van der Waals surface area contributed by atoms with Crippen molar-refractivity contribution in [3.8, 4) is 5.69 Å². The van der Waals surface area contributed by atoms with Gasteiger partial charge in [-0.05, 0) is 24.6 Å². The van der Waals surface area contributed by atoms with Crippen molar-refractivity contribution >= 4 is 5.91 Å². The Balaban J connectivity index is 1.53. The van der Waals surface area contributed by atoms with Crippen LogP contribution in [0.4, 0.5) is 0 Å². The Morgan fingerprint density at radius 2 is 2.12 bits per heavy atom. The summed E-state index contributed by atoms with van der Waals surface area (Å²) in [5, 5.41) is 12.2. The number of rotatable bonds is 4. The van der Waals surface area contributed by atoms with Gasteiger partial charge in [0, 0.05) is 32.1 Å². The number of nitrogens with zero attached hydrogens (tertiary/aromatic N) is 6. The van der Waals surface area contributed by atoms with E-state index in [1.165, 1.54) is 6.20 Å². The predicted octanol–water partition coefficient (Wildman–Crippen LogP) is 1.40. The lowest BCUT2D eigenvalue weighted by atomic mass is 10.2. The van der Waals surface area contributed by atoms with E-state index in [1.807, 2.05) is 52.2 Å². The Morgan fingerprint density at radius 3 is 2.92 bits per heavy atom. The number of carbonyl (C=O) groups excluding carboxylic acids is 1. The van der Waals surface area contributed by atoms with Crippen LogP contribution in [0.3, 0.4) is 0 Å². The van der Waals surface area contributed by atoms with Gasteiger partial charge in [0.1, 0.15) is 0 Å². The van der Waals surface area contributed by atoms with E-state index >= 15 is 0 Å². The summed E-state index contributed by atoms with van der Waals surface area (Å²) in [7, 11) is 0. The van der Waals surface area contributed by atoms with Crippen LogP contribution in [0.1, 0.15) is 16.9 Å². The number of para-hydroxylation sites is 1. The molecule has 1 fully saturated rings. The van der Waals surface area contributed by atoms with Gasteiger partial charge in [-0.3, -0.25) is 9.48 Å². The van der Waals surface area contributed by atoms with Crippen molar-refractivity contribution in [2.24, 2.45) is 0 Å². The van der Waals surface area contributed by atoms with Crippen LogP contribution in [-0.4, -0.2) is 61.4 Å². The number of amides is 1. The van der Waals surface area contributed by atoms with Gasteiger partial charge in [-0.1, -0.05) is 23.4 Å². The Labute approximate surface area is 151 Å². The molecule has 1 atom stereocenters. The van der Waals surface area contributed by atoms with Crippen LogP contribution < -0.4 is 0 Å². The zero-order valence-electron chi connectivity index (χ0n) is 14.3. The van der Waals surface area contributed by atoms with Crippen molar-refractivity contribution in [3.63, 3.8) is 0 Å². The topological polar surface area (TPSA) is 78.1 Å². The summed E-state index contributed by atoms with van der Waals surface area (Å²) in [6, 6.07) is 11.4. The summed E-state index contributed by atoms with van der Waals surface area (Å²) in [5.74, 6) is -0.0881. The normalized spacial score (nSPS) is 17.8. The van der Waals surface area contributed by atoms with E-state index in [0.717, 1.165) is 12.1 Å². The van der Waals surface area contributed by atoms with Crippen molar-refractivity contribution in [1.82, 2.24) is 29.7 Å². The number of hydrogen-bond acceptors (Lipinski definition) is 5. The molecule has 8 nitrogen and oxygen atoms in total. The molecule has 0 N–H and O–H groups in total. The molecule has 0 bridgehead atoms. The molecule has 0 unspecified atom stereocenters. The maximum absolute atomic E-state index is 13.1. The lowest BCUT2D eigenvalue weighted by Gasteiger charge is -2.24. The smallest absolute Gasteiger partial charge is 0.274 e. The molecule has 1 aromatic carbocycles. The molecule has 3 aromatic rings. The van der Waals surface area contributed by atoms with E-state index in [-0.39, 0.29) is 12.0 Å². The minimum Gasteiger partial charge on any atom is -0.374 e. The van der Waals surface area contributed by atoms with Gasteiger partial charge in [0.25, 0.3) is 5.91 Å². The summed E-state index contributed by atoms with van der Waals surface area (Å²) in [5.41, 5.74) is 1.27. The molecule has 0 radical (unpaired) electrons. The van der Waals surface area contributed by atoms with Gasteiger partial charge in [-0.2, -0.15) is 5.10 Å². The second kappa shape index (κ2) is 7.49. The van der Waals surface area contributed by atoms with Crippen molar-refractivity contribution in [3.05, 3.63) is 60.7 Å². The molecule has 1 amide bonds. The van der Waals surface area contributed by atoms with Gasteiger partial charge < -0.3 is 9.64 Å². The van der Waals surface area contributed by atoms with E-state index in [1.54, 1.807) is 10.9 Å². The largest absolute Gasteiger partial charge is 0.374 e. The van der Waals surface area contributed by atoms with Crippen molar-refractivity contribution in [2.45, 2.75) is 19.1 Å². The SMILES string of the molecule is O=C(c1cnnn1-c1ccccc1)N1CCCO[C@H](Cn2cccn2)C1. The molecular formula is C18H20N6O2. The fourth-order valence-electron chi connectivity index (χ4n) is 3.11. The van der Waals surface area contributed by atoms with Gasteiger partial charge in [0.2, 0.25) is 0 Å². The van der Waals surface area contributed by atoms with E-state index in [4.69, 9.17) is 4.74 Å². The first-order valence-corrected chi connectivity index (χ1v) is 8.66. The van der Waals surface area contributed by atoms with E-state index in [0.29, 0.717) is 31.9 Å². The van der Waals surface area contributed by atoms with Gasteiger partial charge in [0.05, 0.1) is 24.5 Å². The summed E-state index contributed by atoms with van der Waals surface area (Å²) < 4.78 is 9.30. The Bertz CT molecular complexity index is 846. The number of benzene rings is 1. The summed E-state index contributed by atoms with van der Waals surface area (Å²) in [6.07, 6.45) is 5.86. The highest BCUT2D eigenvalue weighted by atomic mass is 16.5. The molecule has 1 saturated heterocycles. The average molecular weight is 352 g/mol. The second-order valence-corrected chi connectivity index (χ2v) is 6.19. The van der Waals surface area contributed by atoms with Crippen LogP contribution >= 0.6 is 0 Å². The zero-order valence-corrected chi connectivity index (χ0v) is 14.3. The maximum atomic E-state index is 13.1. The molecule has 0 saturated carbocycles. The van der Waals surface area contributed by atoms with E-state index < -0.39 is 0 Å². The monoisotopic (exact) mass is 352 g/mol. The molecule has 3 heterocycles. The lowest BCUT2D eigenvalue weighted by molar-refractivity contribution is 0.0364. The molecule has 4 rings (SSSR count). The molecule has 1 aliphatic rings. The van der Waals surface area contributed by atoms with E-state index in [9.17, 15) is 4.79 Å². The van der Waals surface area contributed by atoms with Crippen molar-refractivity contribution < 1.29 is 9.53 Å². The molecule has 8 heteroatoms. The van der Waals surface area contributed by atoms with Crippen LogP contribution in [0.5, 0.6) is 0 Å². The van der Waals surface area contributed by atoms with E-state index in [2.05, 4.69) is 15.4 Å². The van der Waals surface area contributed by atoms with Crippen LogP contribution in [0, 0.1) is 0 Å². The average Bonchev–Trinajstić information content (AvgIpc) is 3.31. The molecule has 134 valence electrons. The molecule has 0 aliphatic carbocycles. The third-order valence-electron chi connectivity index (χ3n) is 4.36. The first kappa shape index (κ1) is 16.5. The van der Waals surface area contributed by atoms with Gasteiger partial charge in [-0.25, -0.2) is 4.68 Å². The Morgan fingerprint density at radius 1 is 1.23 bits per heavy atom. The fourth-order valence-corrected chi connectivity index (χ4v) is 3.11. The number of ether oxygens (including phenoxy) is 1. The zero-order chi connectivity index (χ0) is 17.8. The number of hydrogen-bond donors (Lipinski definition) is 0. The van der Waals surface area contributed by atoms with Crippen LogP contribution in [0.15, 0.2) is 55.0 Å². The summed E-state index contributed by atoms with van der Waals surface area (Å²) in [6.45, 7) is 2.41. The minimum absolute atomic E-state index is 0.0881. The number of aromatic nitrogens is 5. The molecule has 2 aromatic heterocycles. The highest BCUT2D eigenvalue weighted by Gasteiger charge is 2.26. The van der Waals surface area contributed by atoms with Crippen LogP contribution in [-0.2, 0) is 11.3 Å². The molecular weight excluding hydrogens is 332 g/mol. The maximum Gasteiger partial charge on any atom is 0.274 e. The first-order chi connectivity index (χ1) is 12.8. The Hall–Kier alpha value is -3.00. The standard InChI is InChI=1S/C18H20N6O2/c25-18(17-12-19-21-24(17)15-6-2-1-3-7-15)22-9-5-11-26-16(13-22)14-23-10-4-8-20-23/h1-4,6-8,10,12,16H,5,9,11,13-14H2/t16-/m0/s1. The Kier molecular flexibility index (Phi) is 4.74. The van der Waals surface area contributed by atoms with Crippen molar-refractivity contribution in [1.29, 1.82) is 0 Å². The van der Waals surface area contributed by atoms with Gasteiger partial charge in [0.15, 0.2) is 5.69 Å².